The monoisotopic (exact) mass is 281 g/mol. The molecule has 3 nitrogen and oxygen atoms in total. The molecular formula is C15H27N3S. The SMILES string of the molecule is CSC(C)(C)CNCc1ccn(C2CCCCC2)n1. The molecule has 19 heavy (non-hydrogen) atoms. The first-order chi connectivity index (χ1) is 9.11. The van der Waals surface area contributed by atoms with Crippen molar-refractivity contribution in [1.29, 1.82) is 0 Å². The van der Waals surface area contributed by atoms with Crippen LogP contribution in [0.5, 0.6) is 0 Å². The van der Waals surface area contributed by atoms with Gasteiger partial charge in [-0.2, -0.15) is 16.9 Å². The first-order valence-electron chi connectivity index (χ1n) is 7.41. The second-order valence-electron chi connectivity index (χ2n) is 6.15. The van der Waals surface area contributed by atoms with Crippen molar-refractivity contribution in [2.24, 2.45) is 0 Å². The fourth-order valence-electron chi connectivity index (χ4n) is 2.58. The third-order valence-electron chi connectivity index (χ3n) is 4.02. The van der Waals surface area contributed by atoms with Crippen molar-refractivity contribution in [3.8, 4) is 0 Å². The Kier molecular flexibility index (Phi) is 5.34. The second-order valence-corrected chi connectivity index (χ2v) is 7.66. The van der Waals surface area contributed by atoms with Gasteiger partial charge in [0, 0.05) is 24.0 Å². The van der Waals surface area contributed by atoms with Crippen LogP contribution in [0.15, 0.2) is 12.3 Å². The molecule has 108 valence electrons. The van der Waals surface area contributed by atoms with Crippen LogP contribution in [0.25, 0.3) is 0 Å². The molecule has 0 atom stereocenters. The highest BCUT2D eigenvalue weighted by Gasteiger charge is 2.17. The van der Waals surface area contributed by atoms with Crippen molar-refractivity contribution in [2.75, 3.05) is 12.8 Å². The topological polar surface area (TPSA) is 29.9 Å². The molecule has 0 spiro atoms. The van der Waals surface area contributed by atoms with E-state index in [1.54, 1.807) is 0 Å². The van der Waals surface area contributed by atoms with Crippen LogP contribution >= 0.6 is 11.8 Å². The molecule has 1 saturated carbocycles. The summed E-state index contributed by atoms with van der Waals surface area (Å²) < 4.78 is 2.49. The Morgan fingerprint density at radius 2 is 2.11 bits per heavy atom. The van der Waals surface area contributed by atoms with Crippen molar-refractivity contribution in [1.82, 2.24) is 15.1 Å². The van der Waals surface area contributed by atoms with Crippen LogP contribution < -0.4 is 5.32 Å². The summed E-state index contributed by atoms with van der Waals surface area (Å²) in [5.74, 6) is 0. The Morgan fingerprint density at radius 1 is 1.37 bits per heavy atom. The molecule has 1 N–H and O–H groups in total. The molecule has 2 rings (SSSR count). The Morgan fingerprint density at radius 3 is 2.79 bits per heavy atom. The molecule has 0 radical (unpaired) electrons. The molecule has 1 aromatic rings. The molecule has 1 aliphatic rings. The number of rotatable bonds is 6. The maximum Gasteiger partial charge on any atom is 0.0762 e. The number of hydrogen-bond acceptors (Lipinski definition) is 3. The minimum atomic E-state index is 0.298. The lowest BCUT2D eigenvalue weighted by molar-refractivity contribution is 0.327. The van der Waals surface area contributed by atoms with Gasteiger partial charge >= 0.3 is 0 Å². The van der Waals surface area contributed by atoms with E-state index in [4.69, 9.17) is 5.10 Å². The predicted octanol–water partition coefficient (Wildman–Crippen LogP) is 3.62. The van der Waals surface area contributed by atoms with Gasteiger partial charge < -0.3 is 5.32 Å². The van der Waals surface area contributed by atoms with Gasteiger partial charge in [-0.05, 0) is 39.0 Å². The van der Waals surface area contributed by atoms with Gasteiger partial charge in [-0.1, -0.05) is 19.3 Å². The van der Waals surface area contributed by atoms with Gasteiger partial charge in [0.2, 0.25) is 0 Å². The van der Waals surface area contributed by atoms with E-state index >= 15 is 0 Å². The van der Waals surface area contributed by atoms with Gasteiger partial charge in [-0.15, -0.1) is 0 Å². The number of hydrogen-bond donors (Lipinski definition) is 1. The van der Waals surface area contributed by atoms with Crippen molar-refractivity contribution >= 4 is 11.8 Å². The maximum absolute atomic E-state index is 4.73. The lowest BCUT2D eigenvalue weighted by Gasteiger charge is -2.22. The van der Waals surface area contributed by atoms with Crippen LogP contribution in [0.2, 0.25) is 0 Å². The van der Waals surface area contributed by atoms with Crippen molar-refractivity contribution in [2.45, 2.75) is 63.3 Å². The third-order valence-corrected chi connectivity index (χ3v) is 5.27. The summed E-state index contributed by atoms with van der Waals surface area (Å²) >= 11 is 1.90. The van der Waals surface area contributed by atoms with Crippen LogP contribution in [0.4, 0.5) is 0 Å². The zero-order valence-corrected chi connectivity index (χ0v) is 13.3. The number of nitrogens with one attached hydrogen (secondary N) is 1. The number of thioether (sulfide) groups is 1. The molecule has 1 aliphatic carbocycles. The van der Waals surface area contributed by atoms with Crippen LogP contribution in [-0.2, 0) is 6.54 Å². The molecule has 0 aromatic carbocycles. The fraction of sp³-hybridized carbons (Fsp3) is 0.800. The summed E-state index contributed by atoms with van der Waals surface area (Å²) in [6.45, 7) is 6.44. The van der Waals surface area contributed by atoms with Crippen molar-refractivity contribution < 1.29 is 0 Å². The molecule has 0 amide bonds. The number of nitrogens with zero attached hydrogens (tertiary/aromatic N) is 2. The minimum Gasteiger partial charge on any atom is -0.310 e. The van der Waals surface area contributed by atoms with E-state index in [1.807, 2.05) is 11.8 Å². The average Bonchev–Trinajstić information content (AvgIpc) is 2.88. The normalized spacial score (nSPS) is 17.8. The van der Waals surface area contributed by atoms with Gasteiger partial charge in [0.05, 0.1) is 11.7 Å². The van der Waals surface area contributed by atoms with E-state index in [-0.39, 0.29) is 0 Å². The van der Waals surface area contributed by atoms with E-state index in [0.29, 0.717) is 10.8 Å². The highest BCUT2D eigenvalue weighted by atomic mass is 32.2. The average molecular weight is 281 g/mol. The smallest absolute Gasteiger partial charge is 0.0762 e. The number of aromatic nitrogens is 2. The largest absolute Gasteiger partial charge is 0.310 e. The minimum absolute atomic E-state index is 0.298. The van der Waals surface area contributed by atoms with E-state index in [1.165, 1.54) is 37.8 Å². The lowest BCUT2D eigenvalue weighted by Crippen LogP contribution is -2.31. The van der Waals surface area contributed by atoms with E-state index in [9.17, 15) is 0 Å². The standard InChI is InChI=1S/C15H27N3S/c1-15(2,19-3)12-16-11-13-9-10-18(17-13)14-7-5-4-6-8-14/h9-10,14,16H,4-8,11-12H2,1-3H3. The van der Waals surface area contributed by atoms with Gasteiger partial charge in [0.1, 0.15) is 0 Å². The Bertz CT molecular complexity index is 380. The summed E-state index contributed by atoms with van der Waals surface area (Å²) in [6, 6.07) is 2.80. The van der Waals surface area contributed by atoms with Crippen LogP contribution in [-0.4, -0.2) is 27.3 Å². The molecule has 1 aromatic heterocycles. The summed E-state index contributed by atoms with van der Waals surface area (Å²) in [5, 5.41) is 8.24. The summed E-state index contributed by atoms with van der Waals surface area (Å²) in [4.78, 5) is 0. The molecular weight excluding hydrogens is 254 g/mol. The van der Waals surface area contributed by atoms with Crippen molar-refractivity contribution in [3.05, 3.63) is 18.0 Å². The lowest BCUT2D eigenvalue weighted by atomic mass is 9.96. The first-order valence-corrected chi connectivity index (χ1v) is 8.63. The zero-order valence-electron chi connectivity index (χ0n) is 12.5. The Labute approximate surface area is 121 Å². The van der Waals surface area contributed by atoms with Crippen LogP contribution in [0.1, 0.15) is 57.7 Å². The molecule has 0 aliphatic heterocycles. The molecule has 1 heterocycles. The van der Waals surface area contributed by atoms with E-state index in [2.05, 4.69) is 42.4 Å². The second kappa shape index (κ2) is 6.80. The molecule has 0 saturated heterocycles. The molecule has 1 fully saturated rings. The Balaban J connectivity index is 1.80. The van der Waals surface area contributed by atoms with Gasteiger partial charge in [0.25, 0.3) is 0 Å². The van der Waals surface area contributed by atoms with Crippen LogP contribution in [0.3, 0.4) is 0 Å². The van der Waals surface area contributed by atoms with Crippen LogP contribution in [0, 0.1) is 0 Å². The summed E-state index contributed by atoms with van der Waals surface area (Å²) in [6.07, 6.45) is 11.0. The molecule has 0 unspecified atom stereocenters. The third kappa shape index (κ3) is 4.53. The zero-order chi connectivity index (χ0) is 13.7. The fourth-order valence-corrected chi connectivity index (χ4v) is 2.83. The Hall–Kier alpha value is -0.480. The highest BCUT2D eigenvalue weighted by Crippen LogP contribution is 2.27. The molecule has 0 bridgehead atoms. The maximum atomic E-state index is 4.73. The van der Waals surface area contributed by atoms with Gasteiger partial charge in [-0.3, -0.25) is 4.68 Å². The van der Waals surface area contributed by atoms with E-state index in [0.717, 1.165) is 13.1 Å². The quantitative estimate of drug-likeness (QED) is 0.863. The van der Waals surface area contributed by atoms with Crippen molar-refractivity contribution in [3.63, 3.8) is 0 Å². The van der Waals surface area contributed by atoms with Gasteiger partial charge in [0.15, 0.2) is 0 Å². The van der Waals surface area contributed by atoms with Gasteiger partial charge in [-0.25, -0.2) is 0 Å². The summed E-state index contributed by atoms with van der Waals surface area (Å²) in [7, 11) is 0. The first kappa shape index (κ1) is 14.9. The highest BCUT2D eigenvalue weighted by molar-refractivity contribution is 7.99. The van der Waals surface area contributed by atoms with E-state index < -0.39 is 0 Å². The predicted molar refractivity (Wildman–Crippen MR) is 83.6 cm³/mol. The molecule has 4 heteroatoms. The summed E-state index contributed by atoms with van der Waals surface area (Å²) in [5.41, 5.74) is 1.17.